The normalized spacial score (nSPS) is 22.9. The van der Waals surface area contributed by atoms with Gasteiger partial charge >= 0.3 is 5.97 Å². The summed E-state index contributed by atoms with van der Waals surface area (Å²) in [5, 5.41) is 16.3. The molecule has 0 saturated carbocycles. The second kappa shape index (κ2) is 6.05. The van der Waals surface area contributed by atoms with Crippen molar-refractivity contribution in [2.75, 3.05) is 18.0 Å². The van der Waals surface area contributed by atoms with E-state index in [1.54, 1.807) is 11.3 Å². The lowest BCUT2D eigenvalue weighted by Crippen LogP contribution is -2.54. The van der Waals surface area contributed by atoms with Crippen molar-refractivity contribution in [1.29, 1.82) is 0 Å². The summed E-state index contributed by atoms with van der Waals surface area (Å²) in [4.78, 5) is 25.5. The molecule has 2 rings (SSSR count). The van der Waals surface area contributed by atoms with Crippen LogP contribution in [0.2, 0.25) is 0 Å². The maximum absolute atomic E-state index is 12.1. The number of anilines is 1. The van der Waals surface area contributed by atoms with Gasteiger partial charge in [0.05, 0.1) is 5.92 Å². The third kappa shape index (κ3) is 3.97. The molecule has 1 aliphatic rings. The number of carboxylic acids is 1. The highest BCUT2D eigenvalue weighted by Crippen LogP contribution is 2.26. The lowest BCUT2D eigenvalue weighted by molar-refractivity contribution is -0.142. The Labute approximate surface area is 129 Å². The first kappa shape index (κ1) is 15.8. The minimum atomic E-state index is -0.801. The first-order valence-electron chi connectivity index (χ1n) is 7.08. The van der Waals surface area contributed by atoms with Gasteiger partial charge in [-0.15, -0.1) is 0 Å². The zero-order valence-corrected chi connectivity index (χ0v) is 13.4. The number of aliphatic carboxylic acids is 1. The molecule has 2 N–H and O–H groups in total. The third-order valence-electron chi connectivity index (χ3n) is 3.69. The Morgan fingerprint density at radius 1 is 1.38 bits per heavy atom. The van der Waals surface area contributed by atoms with Gasteiger partial charge in [0.25, 0.3) is 0 Å². The molecule has 1 saturated heterocycles. The zero-order valence-electron chi connectivity index (χ0n) is 12.6. The maximum Gasteiger partial charge on any atom is 0.308 e. The monoisotopic (exact) mass is 310 g/mol. The standard InChI is InChI=1S/C15H22N2O3S/c1-15(2,3)14(20)16-11-6-10(13(18)19)7-17(8-11)12-4-5-21-9-12/h4-5,9-11H,6-8H2,1-3H3,(H,16,20)(H,18,19). The Morgan fingerprint density at radius 2 is 2.10 bits per heavy atom. The van der Waals surface area contributed by atoms with Crippen molar-refractivity contribution < 1.29 is 14.7 Å². The van der Waals surface area contributed by atoms with E-state index >= 15 is 0 Å². The van der Waals surface area contributed by atoms with Crippen LogP contribution in [0.4, 0.5) is 5.69 Å². The molecule has 0 bridgehead atoms. The first-order valence-corrected chi connectivity index (χ1v) is 8.02. The summed E-state index contributed by atoms with van der Waals surface area (Å²) in [7, 11) is 0. The van der Waals surface area contributed by atoms with Gasteiger partial charge in [0.15, 0.2) is 0 Å². The Bertz CT molecular complexity index is 507. The highest BCUT2D eigenvalue weighted by molar-refractivity contribution is 7.08. The van der Waals surface area contributed by atoms with Crippen LogP contribution in [0.15, 0.2) is 16.8 Å². The second-order valence-electron chi connectivity index (χ2n) is 6.58. The van der Waals surface area contributed by atoms with E-state index in [2.05, 4.69) is 5.32 Å². The molecule has 21 heavy (non-hydrogen) atoms. The van der Waals surface area contributed by atoms with E-state index in [9.17, 15) is 14.7 Å². The smallest absolute Gasteiger partial charge is 0.308 e. The molecule has 1 aromatic rings. The summed E-state index contributed by atoms with van der Waals surface area (Å²) < 4.78 is 0. The molecule has 6 heteroatoms. The summed E-state index contributed by atoms with van der Waals surface area (Å²) in [5.41, 5.74) is 0.560. The second-order valence-corrected chi connectivity index (χ2v) is 7.36. The molecule has 2 unspecified atom stereocenters. The number of nitrogens with one attached hydrogen (secondary N) is 1. The number of carbonyl (C=O) groups is 2. The fraction of sp³-hybridized carbons (Fsp3) is 0.600. The van der Waals surface area contributed by atoms with Crippen molar-refractivity contribution in [2.24, 2.45) is 11.3 Å². The van der Waals surface area contributed by atoms with E-state index in [1.807, 2.05) is 42.5 Å². The third-order valence-corrected chi connectivity index (χ3v) is 4.36. The van der Waals surface area contributed by atoms with E-state index < -0.39 is 17.3 Å². The number of carboxylic acid groups (broad SMARTS) is 1. The van der Waals surface area contributed by atoms with Crippen LogP contribution in [0, 0.1) is 11.3 Å². The number of nitrogens with zero attached hydrogens (tertiary/aromatic N) is 1. The van der Waals surface area contributed by atoms with Crippen molar-refractivity contribution >= 4 is 28.9 Å². The van der Waals surface area contributed by atoms with E-state index in [1.165, 1.54) is 0 Å². The molecule has 0 radical (unpaired) electrons. The van der Waals surface area contributed by atoms with Gasteiger partial charge < -0.3 is 15.3 Å². The Balaban J connectivity index is 2.10. The van der Waals surface area contributed by atoms with Crippen LogP contribution in [0.5, 0.6) is 0 Å². The van der Waals surface area contributed by atoms with Gasteiger partial charge in [-0.1, -0.05) is 20.8 Å². The Morgan fingerprint density at radius 3 is 2.62 bits per heavy atom. The van der Waals surface area contributed by atoms with E-state index in [0.717, 1.165) is 5.69 Å². The minimum absolute atomic E-state index is 0.0381. The average Bonchev–Trinajstić information content (AvgIpc) is 2.91. The fourth-order valence-electron chi connectivity index (χ4n) is 2.43. The summed E-state index contributed by atoms with van der Waals surface area (Å²) in [6.07, 6.45) is 0.484. The quantitative estimate of drug-likeness (QED) is 0.898. The molecule has 1 amide bonds. The van der Waals surface area contributed by atoms with Crippen LogP contribution in [-0.4, -0.2) is 36.1 Å². The van der Waals surface area contributed by atoms with E-state index in [-0.39, 0.29) is 11.9 Å². The van der Waals surface area contributed by atoms with Crippen LogP contribution in [0.25, 0.3) is 0 Å². The van der Waals surface area contributed by atoms with E-state index in [0.29, 0.717) is 19.5 Å². The van der Waals surface area contributed by atoms with Crippen molar-refractivity contribution in [3.8, 4) is 0 Å². The van der Waals surface area contributed by atoms with Gasteiger partial charge in [0.1, 0.15) is 0 Å². The van der Waals surface area contributed by atoms with Crippen molar-refractivity contribution in [1.82, 2.24) is 5.32 Å². The number of amides is 1. The Hall–Kier alpha value is -1.56. The van der Waals surface area contributed by atoms with Gasteiger partial charge in [-0.2, -0.15) is 11.3 Å². The summed E-state index contributed by atoms with van der Waals surface area (Å²) >= 11 is 1.59. The summed E-state index contributed by atoms with van der Waals surface area (Å²) in [6.45, 7) is 6.72. The van der Waals surface area contributed by atoms with Gasteiger partial charge in [-0.3, -0.25) is 9.59 Å². The van der Waals surface area contributed by atoms with Gasteiger partial charge in [0, 0.05) is 35.6 Å². The first-order chi connectivity index (χ1) is 9.77. The summed E-state index contributed by atoms with van der Waals surface area (Å²) in [6, 6.07) is 1.85. The predicted octanol–water partition coefficient (Wildman–Crippen LogP) is 2.19. The fourth-order valence-corrected chi connectivity index (χ4v) is 3.10. The molecule has 2 heterocycles. The molecule has 1 fully saturated rings. The SMILES string of the molecule is CC(C)(C)C(=O)NC1CC(C(=O)O)CN(c2ccsc2)C1. The van der Waals surface area contributed by atoms with Crippen LogP contribution < -0.4 is 10.2 Å². The molecular formula is C15H22N2O3S. The molecule has 116 valence electrons. The molecule has 0 spiro atoms. The van der Waals surface area contributed by atoms with Gasteiger partial charge in [-0.25, -0.2) is 0 Å². The minimum Gasteiger partial charge on any atom is -0.481 e. The van der Waals surface area contributed by atoms with Crippen molar-refractivity contribution in [3.63, 3.8) is 0 Å². The van der Waals surface area contributed by atoms with Crippen LogP contribution in [-0.2, 0) is 9.59 Å². The molecule has 0 aliphatic carbocycles. The molecule has 5 nitrogen and oxygen atoms in total. The zero-order chi connectivity index (χ0) is 15.6. The lowest BCUT2D eigenvalue weighted by Gasteiger charge is -2.38. The number of rotatable bonds is 3. The summed E-state index contributed by atoms with van der Waals surface area (Å²) in [5.74, 6) is -1.29. The maximum atomic E-state index is 12.1. The number of carbonyl (C=O) groups excluding carboxylic acids is 1. The van der Waals surface area contributed by atoms with Crippen LogP contribution in [0.1, 0.15) is 27.2 Å². The van der Waals surface area contributed by atoms with Gasteiger partial charge in [0.2, 0.25) is 5.91 Å². The number of hydrogen-bond acceptors (Lipinski definition) is 4. The predicted molar refractivity (Wildman–Crippen MR) is 83.7 cm³/mol. The number of piperidine rings is 1. The lowest BCUT2D eigenvalue weighted by atomic mass is 9.91. The van der Waals surface area contributed by atoms with Crippen LogP contribution >= 0.6 is 11.3 Å². The highest BCUT2D eigenvalue weighted by Gasteiger charge is 2.34. The van der Waals surface area contributed by atoms with E-state index in [4.69, 9.17) is 0 Å². The molecule has 0 aromatic carbocycles. The topological polar surface area (TPSA) is 69.6 Å². The number of thiophene rings is 1. The molecule has 1 aliphatic heterocycles. The molecule has 1 aromatic heterocycles. The largest absolute Gasteiger partial charge is 0.481 e. The van der Waals surface area contributed by atoms with Crippen molar-refractivity contribution in [3.05, 3.63) is 16.8 Å². The molecular weight excluding hydrogens is 288 g/mol. The molecule has 2 atom stereocenters. The van der Waals surface area contributed by atoms with Crippen LogP contribution in [0.3, 0.4) is 0 Å². The Kier molecular flexibility index (Phi) is 4.56. The van der Waals surface area contributed by atoms with Gasteiger partial charge in [-0.05, 0) is 17.9 Å². The van der Waals surface area contributed by atoms with Crippen molar-refractivity contribution in [2.45, 2.75) is 33.2 Å². The highest BCUT2D eigenvalue weighted by atomic mass is 32.1. The average molecular weight is 310 g/mol. The number of hydrogen-bond donors (Lipinski definition) is 2.